The second-order valence-corrected chi connectivity index (χ2v) is 24.5. The Morgan fingerprint density at radius 1 is 0.642 bits per heavy atom. The molecule has 4 heterocycles. The van der Waals surface area contributed by atoms with Crippen LogP contribution in [-0.2, 0) is 73.6 Å². The minimum Gasteiger partial charge on any atom is -0.508 e. The quantitative estimate of drug-likeness (QED) is 0.0158. The summed E-state index contributed by atoms with van der Waals surface area (Å²) in [5, 5.41) is 44.7. The van der Waals surface area contributed by atoms with E-state index in [1.165, 1.54) is 41.1 Å². The Morgan fingerprint density at radius 3 is 1.72 bits per heavy atom. The summed E-state index contributed by atoms with van der Waals surface area (Å²) in [5.74, 6) is -7.30. The number of aromatic nitrogens is 2. The molecular weight excluding hydrogens is 1220 g/mol. The number of hydrogen-bond donors (Lipinski definition) is 14. The van der Waals surface area contributed by atoms with Crippen molar-refractivity contribution in [2.45, 2.75) is 146 Å². The first-order valence-corrected chi connectivity index (χ1v) is 32.2. The van der Waals surface area contributed by atoms with Crippen molar-refractivity contribution in [2.75, 3.05) is 33.3 Å². The summed E-state index contributed by atoms with van der Waals surface area (Å²) in [5.41, 5.74) is 14.9. The van der Waals surface area contributed by atoms with Gasteiger partial charge in [0.05, 0.1) is 6.61 Å². The number of guanidine groups is 1. The highest BCUT2D eigenvalue weighted by atomic mass is 16.3. The molecule has 0 bridgehead atoms. The third-order valence-corrected chi connectivity index (χ3v) is 17.1. The number of fused-ring (bicyclic) bond motifs is 2. The van der Waals surface area contributed by atoms with E-state index in [4.69, 9.17) is 11.5 Å². The van der Waals surface area contributed by atoms with Crippen molar-refractivity contribution in [2.24, 2.45) is 22.4 Å². The molecule has 2 fully saturated rings. The predicted octanol–water partition coefficient (Wildman–Crippen LogP) is 0.859. The molecule has 506 valence electrons. The van der Waals surface area contributed by atoms with Crippen LogP contribution in [0.3, 0.4) is 0 Å². The fourth-order valence-electron chi connectivity index (χ4n) is 12.1. The van der Waals surface area contributed by atoms with Crippen molar-refractivity contribution in [3.8, 4) is 5.75 Å². The van der Waals surface area contributed by atoms with Crippen molar-refractivity contribution < 1.29 is 58.2 Å². The number of phenolic OH excluding ortho intramolecular Hbond substituents is 1. The third kappa shape index (κ3) is 19.2. The molecule has 0 spiro atoms. The summed E-state index contributed by atoms with van der Waals surface area (Å²) in [7, 11) is 1.44. The molecule has 4 aromatic carbocycles. The van der Waals surface area contributed by atoms with Gasteiger partial charge in [0, 0.05) is 93.0 Å². The third-order valence-electron chi connectivity index (χ3n) is 17.1. The zero-order valence-electron chi connectivity index (χ0n) is 53.8. The maximum Gasteiger partial charge on any atom is 0.245 e. The van der Waals surface area contributed by atoms with Crippen LogP contribution in [0.25, 0.3) is 21.8 Å². The van der Waals surface area contributed by atoms with Crippen LogP contribution in [-0.4, -0.2) is 183 Å². The van der Waals surface area contributed by atoms with Gasteiger partial charge >= 0.3 is 0 Å². The number of aromatic hydroxyl groups is 1. The van der Waals surface area contributed by atoms with Gasteiger partial charge < -0.3 is 84.0 Å². The zero-order chi connectivity index (χ0) is 68.3. The average Bonchev–Trinajstić information content (AvgIpc) is 1.78. The average molecular weight is 1310 g/mol. The fraction of sp³-hybridized carbons (Fsp3) is 0.426. The van der Waals surface area contributed by atoms with Crippen molar-refractivity contribution in [3.63, 3.8) is 0 Å². The van der Waals surface area contributed by atoms with Gasteiger partial charge in [-0.1, -0.05) is 92.7 Å². The maximum atomic E-state index is 15.1. The Balaban J connectivity index is 1.06. The number of carbonyl (C=O) groups excluding carboxylic acids is 10. The molecule has 9 atom stereocenters. The molecule has 0 unspecified atom stereocenters. The molecule has 6 aromatic rings. The number of nitrogens with two attached hydrogens (primary N) is 2. The van der Waals surface area contributed by atoms with Crippen LogP contribution in [0.15, 0.2) is 121 Å². The lowest BCUT2D eigenvalue weighted by Gasteiger charge is -2.31. The van der Waals surface area contributed by atoms with Gasteiger partial charge in [0.15, 0.2) is 5.96 Å². The van der Waals surface area contributed by atoms with Gasteiger partial charge in [0.25, 0.3) is 0 Å². The zero-order valence-corrected chi connectivity index (χ0v) is 53.8. The standard InChI is InChI=1S/C68H87N15O12/c1-5-71-64(92)56-22-14-30-83(56)67(95)49(21-13-29-72-68(69)70)76-59(87)51(31-39(2)3)77-61(89)53(34-42-36-73-47-19-11-9-17-45(42)47)79-60(88)52(32-41-23-25-44(85)26-24-41)78-63(91)55(38-84)81-62(90)54(35-43-37-74-48-20-12-10-18-46(43)48)80-65(93)57(33-40-15-7-6-8-16-40)82(4)66(94)50-27-28-58(86)75-50/h6-12,15-20,23-26,36-37,39,49-57,73-74,84-85H,5,13-14,21-22,27-35,38H2,1-4H3,(H,71,92)(H,75,86)(H,76,87)(H,77,89)(H,78,91)(H,79,88)(H,80,93)(H,81,90)(H4,69,70,72)/t49-,50-,51-,52-,53+,54-,55-,56-,57-/m0/s1. The number of likely N-dealkylation sites (N-methyl/N-ethyl adjacent to an activating group) is 2. The molecule has 27 heteroatoms. The lowest BCUT2D eigenvalue weighted by molar-refractivity contribution is -0.142. The van der Waals surface area contributed by atoms with Gasteiger partial charge in [-0.2, -0.15) is 0 Å². The first-order chi connectivity index (χ1) is 45.6. The Kier molecular flexibility index (Phi) is 24.9. The molecule has 8 rings (SSSR count). The van der Waals surface area contributed by atoms with Crippen molar-refractivity contribution in [1.82, 2.24) is 62.3 Å². The molecule has 0 aliphatic carbocycles. The Bertz CT molecular complexity index is 3720. The molecule has 2 aromatic heterocycles. The number of rotatable bonds is 32. The minimum absolute atomic E-state index is 0.00929. The lowest BCUT2D eigenvalue weighted by Crippen LogP contribution is -2.61. The van der Waals surface area contributed by atoms with Gasteiger partial charge in [-0.05, 0) is 97.9 Å². The molecule has 27 nitrogen and oxygen atoms in total. The number of phenols is 1. The van der Waals surface area contributed by atoms with E-state index in [9.17, 15) is 48.6 Å². The van der Waals surface area contributed by atoms with E-state index < -0.39 is 108 Å². The van der Waals surface area contributed by atoms with Gasteiger partial charge in [-0.15, -0.1) is 0 Å². The monoisotopic (exact) mass is 1310 g/mol. The minimum atomic E-state index is -1.77. The van der Waals surface area contributed by atoms with E-state index >= 15 is 9.59 Å². The molecule has 95 heavy (non-hydrogen) atoms. The van der Waals surface area contributed by atoms with Gasteiger partial charge in [0.2, 0.25) is 59.1 Å². The molecule has 2 saturated heterocycles. The summed E-state index contributed by atoms with van der Waals surface area (Å²) in [6, 6.07) is 17.6. The Labute approximate surface area is 550 Å². The van der Waals surface area contributed by atoms with Crippen LogP contribution < -0.4 is 54.0 Å². The Hall–Kier alpha value is -10.3. The van der Waals surface area contributed by atoms with Gasteiger partial charge in [-0.3, -0.25) is 52.9 Å². The number of nitrogens with zero attached hydrogens (tertiary/aromatic N) is 3. The molecular formula is C68H87N15O12. The lowest BCUT2D eigenvalue weighted by atomic mass is 9.99. The number of aliphatic hydroxyl groups is 1. The van der Waals surface area contributed by atoms with E-state index in [0.717, 1.165) is 16.4 Å². The predicted molar refractivity (Wildman–Crippen MR) is 355 cm³/mol. The van der Waals surface area contributed by atoms with Crippen LogP contribution in [0.4, 0.5) is 0 Å². The van der Waals surface area contributed by atoms with E-state index in [0.29, 0.717) is 47.0 Å². The number of amides is 10. The first kappa shape index (κ1) is 70.6. The van der Waals surface area contributed by atoms with Crippen molar-refractivity contribution in [3.05, 3.63) is 138 Å². The summed E-state index contributed by atoms with van der Waals surface area (Å²) in [4.78, 5) is 156. The number of aliphatic hydroxyl groups excluding tert-OH is 1. The van der Waals surface area contributed by atoms with Crippen LogP contribution >= 0.6 is 0 Å². The number of likely N-dealkylation sites (tertiary alicyclic amines) is 1. The highest BCUT2D eigenvalue weighted by Gasteiger charge is 2.41. The second-order valence-electron chi connectivity index (χ2n) is 24.5. The SMILES string of the molecule is CCNC(=O)[C@@H]1CCCN1C(=O)[C@H](CCCN=C(N)N)NC(=O)[C@H](CC(C)C)NC(=O)[C@@H](Cc1c[nH]c2ccccc12)NC(=O)[C@H](Cc1ccc(O)cc1)NC(=O)[C@H](CO)NC(=O)[C@H](Cc1c[nH]c2ccccc12)NC(=O)[C@H](Cc1ccccc1)N(C)C(=O)[C@@H]1CCC(=O)N1. The van der Waals surface area contributed by atoms with Crippen LogP contribution in [0.5, 0.6) is 5.75 Å². The summed E-state index contributed by atoms with van der Waals surface area (Å²) < 4.78 is 0. The number of hydrogen-bond acceptors (Lipinski definition) is 13. The fourth-order valence-corrected chi connectivity index (χ4v) is 12.1. The molecule has 2 aliphatic heterocycles. The topological polar surface area (TPSA) is 410 Å². The molecule has 2 aliphatic rings. The molecule has 10 amide bonds. The van der Waals surface area contributed by atoms with Crippen molar-refractivity contribution in [1.29, 1.82) is 0 Å². The number of nitrogens with one attached hydrogen (secondary N) is 10. The number of H-pyrrole nitrogens is 2. The largest absolute Gasteiger partial charge is 0.508 e. The Morgan fingerprint density at radius 2 is 1.16 bits per heavy atom. The highest BCUT2D eigenvalue weighted by molar-refractivity contribution is 6.00. The van der Waals surface area contributed by atoms with Crippen LogP contribution in [0.1, 0.15) is 88.0 Å². The van der Waals surface area contributed by atoms with Crippen LogP contribution in [0.2, 0.25) is 0 Å². The van der Waals surface area contributed by atoms with E-state index in [2.05, 4.69) is 57.5 Å². The van der Waals surface area contributed by atoms with Crippen LogP contribution in [0, 0.1) is 5.92 Å². The summed E-state index contributed by atoms with van der Waals surface area (Å²) in [6.07, 6.45) is 4.49. The normalized spacial score (nSPS) is 16.7. The highest BCUT2D eigenvalue weighted by Crippen LogP contribution is 2.24. The number of para-hydroxylation sites is 2. The maximum absolute atomic E-state index is 15.1. The summed E-state index contributed by atoms with van der Waals surface area (Å²) in [6.45, 7) is 5.17. The summed E-state index contributed by atoms with van der Waals surface area (Å²) >= 11 is 0. The number of aromatic amines is 2. The van der Waals surface area contributed by atoms with E-state index in [1.54, 1.807) is 61.8 Å². The van der Waals surface area contributed by atoms with Gasteiger partial charge in [-0.25, -0.2) is 0 Å². The molecule has 16 N–H and O–H groups in total. The smallest absolute Gasteiger partial charge is 0.245 e. The molecule has 0 radical (unpaired) electrons. The molecule has 0 saturated carbocycles. The van der Waals surface area contributed by atoms with E-state index in [1.807, 2.05) is 50.2 Å². The second kappa shape index (κ2) is 33.5. The van der Waals surface area contributed by atoms with Gasteiger partial charge in [0.1, 0.15) is 60.1 Å². The van der Waals surface area contributed by atoms with E-state index in [-0.39, 0.29) is 100 Å². The number of carbonyl (C=O) groups is 10. The van der Waals surface area contributed by atoms with Crippen molar-refractivity contribution >= 4 is 86.8 Å². The number of aliphatic imine (C=N–C) groups is 1. The first-order valence-electron chi connectivity index (χ1n) is 32.2. The number of benzene rings is 4.